The molecule has 7 heteroatoms. The molecular weight excluding hydrogens is 300 g/mol. The summed E-state index contributed by atoms with van der Waals surface area (Å²) in [5.74, 6) is 4.83. The van der Waals surface area contributed by atoms with E-state index in [1.54, 1.807) is 4.90 Å². The highest BCUT2D eigenvalue weighted by molar-refractivity contribution is 5.84. The molecule has 1 aromatic rings. The molecule has 2 rings (SSSR count). The first-order valence-electron chi connectivity index (χ1n) is 7.43. The zero-order chi connectivity index (χ0) is 17.0. The molecule has 1 saturated heterocycles. The van der Waals surface area contributed by atoms with Crippen molar-refractivity contribution in [2.24, 2.45) is 5.92 Å². The van der Waals surface area contributed by atoms with Gasteiger partial charge in [-0.25, -0.2) is 9.59 Å². The minimum absolute atomic E-state index is 0.0944. The zero-order valence-electron chi connectivity index (χ0n) is 13.5. The second-order valence-corrected chi connectivity index (χ2v) is 6.35. The van der Waals surface area contributed by atoms with Gasteiger partial charge < -0.3 is 19.2 Å². The summed E-state index contributed by atoms with van der Waals surface area (Å²) in [6.45, 7) is 6.68. The monoisotopic (exact) mass is 320 g/mol. The van der Waals surface area contributed by atoms with Gasteiger partial charge in [0.25, 0.3) is 5.89 Å². The van der Waals surface area contributed by atoms with Gasteiger partial charge in [-0.2, -0.15) is 4.98 Å². The van der Waals surface area contributed by atoms with Crippen LogP contribution in [0.25, 0.3) is 0 Å². The molecule has 1 N–H and O–H groups in total. The predicted octanol–water partition coefficient (Wildman–Crippen LogP) is 2.37. The summed E-state index contributed by atoms with van der Waals surface area (Å²) in [6, 6.07) is 0. The van der Waals surface area contributed by atoms with E-state index < -0.39 is 11.6 Å². The number of amides is 1. The number of carboxylic acid groups (broad SMARTS) is 1. The van der Waals surface area contributed by atoms with E-state index in [0.29, 0.717) is 13.1 Å². The first-order chi connectivity index (χ1) is 10.7. The predicted molar refractivity (Wildman–Crippen MR) is 80.9 cm³/mol. The number of oxazole rings is 1. The van der Waals surface area contributed by atoms with E-state index in [1.807, 2.05) is 20.8 Å². The smallest absolute Gasteiger partial charge is 0.410 e. The summed E-state index contributed by atoms with van der Waals surface area (Å²) in [4.78, 5) is 28.1. The molecular formula is C16H20N2O5. The van der Waals surface area contributed by atoms with Crippen molar-refractivity contribution in [2.75, 3.05) is 13.1 Å². The molecule has 124 valence electrons. The normalized spacial score (nSPS) is 15.7. The molecule has 1 amide bonds. The van der Waals surface area contributed by atoms with Crippen LogP contribution in [0.15, 0.2) is 10.7 Å². The molecule has 1 aliphatic heterocycles. The first-order valence-corrected chi connectivity index (χ1v) is 7.43. The molecule has 0 spiro atoms. The summed E-state index contributed by atoms with van der Waals surface area (Å²) >= 11 is 0. The van der Waals surface area contributed by atoms with Crippen molar-refractivity contribution in [2.45, 2.75) is 39.2 Å². The summed E-state index contributed by atoms with van der Waals surface area (Å²) in [5, 5.41) is 8.76. The van der Waals surface area contributed by atoms with Crippen LogP contribution in [0.3, 0.4) is 0 Å². The largest absolute Gasteiger partial charge is 0.476 e. The molecule has 0 aromatic carbocycles. The minimum Gasteiger partial charge on any atom is -0.476 e. The highest BCUT2D eigenvalue weighted by Gasteiger charge is 2.26. The number of hydrogen-bond donors (Lipinski definition) is 1. The second kappa shape index (κ2) is 6.73. The van der Waals surface area contributed by atoms with Crippen LogP contribution in [0, 0.1) is 17.8 Å². The van der Waals surface area contributed by atoms with Crippen molar-refractivity contribution in [1.82, 2.24) is 9.88 Å². The number of ether oxygens (including phenoxy) is 1. The topological polar surface area (TPSA) is 92.9 Å². The third-order valence-electron chi connectivity index (χ3n) is 3.25. The third-order valence-corrected chi connectivity index (χ3v) is 3.25. The van der Waals surface area contributed by atoms with Crippen molar-refractivity contribution in [3.63, 3.8) is 0 Å². The van der Waals surface area contributed by atoms with Gasteiger partial charge in [0.05, 0.1) is 0 Å². The lowest BCUT2D eigenvalue weighted by atomic mass is 9.98. The van der Waals surface area contributed by atoms with Crippen LogP contribution < -0.4 is 0 Å². The molecule has 0 radical (unpaired) electrons. The average Bonchev–Trinajstić information content (AvgIpc) is 2.93. The van der Waals surface area contributed by atoms with Crippen LogP contribution in [-0.4, -0.2) is 45.7 Å². The van der Waals surface area contributed by atoms with E-state index in [1.165, 1.54) is 0 Å². The van der Waals surface area contributed by atoms with Crippen molar-refractivity contribution in [3.05, 3.63) is 17.8 Å². The molecule has 1 aliphatic rings. The number of likely N-dealkylation sites (tertiary alicyclic amines) is 1. The highest BCUT2D eigenvalue weighted by atomic mass is 16.6. The maximum absolute atomic E-state index is 12.0. The molecule has 0 aliphatic carbocycles. The van der Waals surface area contributed by atoms with E-state index in [0.717, 1.165) is 19.1 Å². The lowest BCUT2D eigenvalue weighted by Gasteiger charge is -2.31. The Labute approximate surface area is 134 Å². The van der Waals surface area contributed by atoms with Crippen LogP contribution in [0.5, 0.6) is 0 Å². The fraction of sp³-hybridized carbons (Fsp3) is 0.562. The van der Waals surface area contributed by atoms with Gasteiger partial charge in [0.2, 0.25) is 0 Å². The van der Waals surface area contributed by atoms with Gasteiger partial charge in [0.1, 0.15) is 11.9 Å². The number of aromatic nitrogens is 1. The summed E-state index contributed by atoms with van der Waals surface area (Å²) in [5.41, 5.74) is -0.658. The standard InChI is InChI=1S/C16H20N2O5/c1-16(2,3)23-15(21)18-8-6-11(7-9-18)4-5-13-17-12(10-22-13)14(19)20/h10-11H,6-9H2,1-3H3,(H,19,20). The number of carboxylic acids is 1. The Hall–Kier alpha value is -2.49. The van der Waals surface area contributed by atoms with E-state index in [9.17, 15) is 9.59 Å². The van der Waals surface area contributed by atoms with Crippen LogP contribution in [0.4, 0.5) is 4.79 Å². The van der Waals surface area contributed by atoms with E-state index in [-0.39, 0.29) is 23.6 Å². The zero-order valence-corrected chi connectivity index (χ0v) is 13.5. The Kier molecular flexibility index (Phi) is 4.94. The Balaban J connectivity index is 1.86. The molecule has 1 aromatic heterocycles. The minimum atomic E-state index is -1.15. The molecule has 0 unspecified atom stereocenters. The number of rotatable bonds is 1. The second-order valence-electron chi connectivity index (χ2n) is 6.35. The van der Waals surface area contributed by atoms with E-state index >= 15 is 0 Å². The summed E-state index contributed by atoms with van der Waals surface area (Å²) < 4.78 is 10.3. The van der Waals surface area contributed by atoms with Crippen LogP contribution in [0.2, 0.25) is 0 Å². The Morgan fingerprint density at radius 3 is 2.57 bits per heavy atom. The maximum Gasteiger partial charge on any atom is 0.410 e. The number of carbonyl (C=O) groups excluding carboxylic acids is 1. The number of hydrogen-bond acceptors (Lipinski definition) is 5. The lowest BCUT2D eigenvalue weighted by molar-refractivity contribution is 0.0199. The lowest BCUT2D eigenvalue weighted by Crippen LogP contribution is -2.41. The molecule has 0 saturated carbocycles. The van der Waals surface area contributed by atoms with Crippen molar-refractivity contribution in [3.8, 4) is 11.8 Å². The van der Waals surface area contributed by atoms with Gasteiger partial charge >= 0.3 is 12.1 Å². The molecule has 0 atom stereocenters. The highest BCUT2D eigenvalue weighted by Crippen LogP contribution is 2.19. The average molecular weight is 320 g/mol. The van der Waals surface area contributed by atoms with Gasteiger partial charge in [0, 0.05) is 19.0 Å². The Morgan fingerprint density at radius 1 is 1.39 bits per heavy atom. The number of carbonyl (C=O) groups is 2. The molecule has 2 heterocycles. The Morgan fingerprint density at radius 2 is 2.04 bits per heavy atom. The van der Waals surface area contributed by atoms with Crippen molar-refractivity contribution < 1.29 is 23.8 Å². The van der Waals surface area contributed by atoms with E-state index in [2.05, 4.69) is 16.8 Å². The van der Waals surface area contributed by atoms with Crippen molar-refractivity contribution >= 4 is 12.1 Å². The van der Waals surface area contributed by atoms with Gasteiger partial charge in [-0.05, 0) is 39.5 Å². The van der Waals surface area contributed by atoms with Crippen LogP contribution >= 0.6 is 0 Å². The summed E-state index contributed by atoms with van der Waals surface area (Å²) in [7, 11) is 0. The van der Waals surface area contributed by atoms with Crippen LogP contribution in [-0.2, 0) is 4.74 Å². The van der Waals surface area contributed by atoms with Gasteiger partial charge in [0.15, 0.2) is 5.69 Å². The molecule has 1 fully saturated rings. The Bertz CT molecular complexity index is 639. The number of aromatic carboxylic acids is 1. The maximum atomic E-state index is 12.0. The van der Waals surface area contributed by atoms with Crippen molar-refractivity contribution in [1.29, 1.82) is 0 Å². The van der Waals surface area contributed by atoms with Gasteiger partial charge in [-0.1, -0.05) is 5.92 Å². The summed E-state index contributed by atoms with van der Waals surface area (Å²) in [6.07, 6.45) is 2.23. The fourth-order valence-corrected chi connectivity index (χ4v) is 2.13. The molecule has 0 bridgehead atoms. The fourth-order valence-electron chi connectivity index (χ4n) is 2.13. The third kappa shape index (κ3) is 5.02. The quantitative estimate of drug-likeness (QED) is 0.799. The molecule has 23 heavy (non-hydrogen) atoms. The SMILES string of the molecule is CC(C)(C)OC(=O)N1CCC(C#Cc2nc(C(=O)O)co2)CC1. The molecule has 7 nitrogen and oxygen atoms in total. The first kappa shape index (κ1) is 16.9. The van der Waals surface area contributed by atoms with Crippen LogP contribution in [0.1, 0.15) is 50.0 Å². The van der Waals surface area contributed by atoms with E-state index in [4.69, 9.17) is 14.3 Å². The number of nitrogens with zero attached hydrogens (tertiary/aromatic N) is 2. The number of piperidine rings is 1. The van der Waals surface area contributed by atoms with Gasteiger partial charge in [-0.15, -0.1) is 0 Å². The van der Waals surface area contributed by atoms with Gasteiger partial charge in [-0.3, -0.25) is 0 Å².